The topological polar surface area (TPSA) is 32.3 Å². The summed E-state index contributed by atoms with van der Waals surface area (Å²) in [6.45, 7) is 3.44. The standard InChI is InChI=1S/C18H20N2O/c21-18(19-17-9-13-7-8-20(11-13)12-17)16-6-5-14-3-1-2-4-15(14)10-16/h1-6,10,13,17H,7-9,11-12H2,(H,19,21)/t13-,17+/m0/s1. The van der Waals surface area contributed by atoms with Crippen LogP contribution in [0.2, 0.25) is 0 Å². The van der Waals surface area contributed by atoms with Crippen molar-refractivity contribution in [3.8, 4) is 0 Å². The molecule has 0 spiro atoms. The number of benzene rings is 2. The van der Waals surface area contributed by atoms with Crippen molar-refractivity contribution < 1.29 is 4.79 Å². The van der Waals surface area contributed by atoms with Crippen molar-refractivity contribution in [3.05, 3.63) is 48.0 Å². The normalized spacial score (nSPS) is 27.7. The van der Waals surface area contributed by atoms with E-state index in [0.29, 0.717) is 6.04 Å². The lowest BCUT2D eigenvalue weighted by molar-refractivity contribution is 0.0909. The Kier molecular flexibility index (Phi) is 3.15. The second kappa shape index (κ2) is 5.15. The predicted octanol–water partition coefficient (Wildman–Crippen LogP) is 2.66. The van der Waals surface area contributed by atoms with Crippen LogP contribution >= 0.6 is 0 Å². The second-order valence-corrected chi connectivity index (χ2v) is 6.38. The number of carbonyl (C=O) groups excluding carboxylic acids is 1. The molecule has 1 amide bonds. The quantitative estimate of drug-likeness (QED) is 0.917. The van der Waals surface area contributed by atoms with Crippen molar-refractivity contribution in [2.45, 2.75) is 18.9 Å². The minimum absolute atomic E-state index is 0.0632. The maximum atomic E-state index is 12.5. The van der Waals surface area contributed by atoms with Gasteiger partial charge in [0.2, 0.25) is 0 Å². The molecule has 108 valence electrons. The lowest BCUT2D eigenvalue weighted by atomic mass is 9.96. The third-order valence-electron chi connectivity index (χ3n) is 4.81. The Labute approximate surface area is 124 Å². The van der Waals surface area contributed by atoms with E-state index in [1.165, 1.54) is 24.9 Å². The highest BCUT2D eigenvalue weighted by Gasteiger charge is 2.32. The second-order valence-electron chi connectivity index (χ2n) is 6.38. The fraction of sp³-hybridized carbons (Fsp3) is 0.389. The summed E-state index contributed by atoms with van der Waals surface area (Å²) in [6.07, 6.45) is 2.43. The number of fused-ring (bicyclic) bond motifs is 3. The molecule has 2 aromatic rings. The van der Waals surface area contributed by atoms with Crippen LogP contribution in [-0.2, 0) is 0 Å². The van der Waals surface area contributed by atoms with Gasteiger partial charge in [0, 0.05) is 24.7 Å². The van der Waals surface area contributed by atoms with Gasteiger partial charge in [-0.1, -0.05) is 30.3 Å². The number of hydrogen-bond donors (Lipinski definition) is 1. The van der Waals surface area contributed by atoms with Gasteiger partial charge in [0.1, 0.15) is 0 Å². The number of rotatable bonds is 2. The van der Waals surface area contributed by atoms with Gasteiger partial charge in [0.05, 0.1) is 0 Å². The molecule has 2 aromatic carbocycles. The number of amides is 1. The average Bonchev–Trinajstić information content (AvgIpc) is 2.85. The summed E-state index contributed by atoms with van der Waals surface area (Å²) < 4.78 is 0. The third-order valence-corrected chi connectivity index (χ3v) is 4.81. The summed E-state index contributed by atoms with van der Waals surface area (Å²) in [7, 11) is 0. The molecule has 1 unspecified atom stereocenters. The molecule has 2 fully saturated rings. The Morgan fingerprint density at radius 2 is 1.95 bits per heavy atom. The zero-order valence-corrected chi connectivity index (χ0v) is 12.1. The molecule has 2 saturated heterocycles. The molecule has 1 N–H and O–H groups in total. The number of piperidine rings is 1. The highest BCUT2D eigenvalue weighted by atomic mass is 16.1. The number of nitrogens with one attached hydrogen (secondary N) is 1. The van der Waals surface area contributed by atoms with Gasteiger partial charge in [-0.3, -0.25) is 4.79 Å². The molecule has 0 aromatic heterocycles. The van der Waals surface area contributed by atoms with Crippen LogP contribution in [0.4, 0.5) is 0 Å². The van der Waals surface area contributed by atoms with Gasteiger partial charge in [0.25, 0.3) is 5.91 Å². The zero-order chi connectivity index (χ0) is 14.2. The molecule has 0 radical (unpaired) electrons. The first-order valence-electron chi connectivity index (χ1n) is 7.80. The molecule has 2 aliphatic rings. The summed E-state index contributed by atoms with van der Waals surface area (Å²) in [5, 5.41) is 5.52. The highest BCUT2D eigenvalue weighted by molar-refractivity contribution is 5.98. The molecule has 21 heavy (non-hydrogen) atoms. The predicted molar refractivity (Wildman–Crippen MR) is 84.4 cm³/mol. The van der Waals surface area contributed by atoms with Crippen LogP contribution in [0.5, 0.6) is 0 Å². The van der Waals surface area contributed by atoms with Gasteiger partial charge in [-0.05, 0) is 48.2 Å². The molecule has 2 bridgehead atoms. The van der Waals surface area contributed by atoms with Gasteiger partial charge < -0.3 is 10.2 Å². The molecule has 0 saturated carbocycles. The van der Waals surface area contributed by atoms with Crippen molar-refractivity contribution in [2.24, 2.45) is 5.92 Å². The van der Waals surface area contributed by atoms with E-state index in [1.54, 1.807) is 0 Å². The molecular weight excluding hydrogens is 260 g/mol. The molecule has 3 atom stereocenters. The number of hydrogen-bond acceptors (Lipinski definition) is 2. The lowest BCUT2D eigenvalue weighted by Gasteiger charge is -2.30. The summed E-state index contributed by atoms with van der Waals surface area (Å²) in [4.78, 5) is 14.9. The van der Waals surface area contributed by atoms with Crippen LogP contribution in [0.3, 0.4) is 0 Å². The van der Waals surface area contributed by atoms with E-state index >= 15 is 0 Å². The third kappa shape index (κ3) is 2.54. The highest BCUT2D eigenvalue weighted by Crippen LogP contribution is 2.27. The SMILES string of the molecule is O=C(N[C@@H]1C[C@@H]2CCN(C2)C1)c1ccc2ccccc2c1. The van der Waals surface area contributed by atoms with Crippen molar-refractivity contribution in [1.29, 1.82) is 0 Å². The minimum atomic E-state index is 0.0632. The van der Waals surface area contributed by atoms with Gasteiger partial charge in [0.15, 0.2) is 0 Å². The van der Waals surface area contributed by atoms with Crippen LogP contribution < -0.4 is 5.32 Å². The zero-order valence-electron chi connectivity index (χ0n) is 12.1. The minimum Gasteiger partial charge on any atom is -0.348 e. The Morgan fingerprint density at radius 1 is 1.10 bits per heavy atom. The lowest BCUT2D eigenvalue weighted by Crippen LogP contribution is -2.47. The fourth-order valence-electron chi connectivity index (χ4n) is 3.76. The average molecular weight is 280 g/mol. The van der Waals surface area contributed by atoms with Gasteiger partial charge in [-0.25, -0.2) is 0 Å². The van der Waals surface area contributed by atoms with Crippen molar-refractivity contribution in [1.82, 2.24) is 10.2 Å². The smallest absolute Gasteiger partial charge is 0.251 e. The maximum Gasteiger partial charge on any atom is 0.251 e. The Balaban J connectivity index is 1.50. The summed E-state index contributed by atoms with van der Waals surface area (Å²) in [5.74, 6) is 0.842. The van der Waals surface area contributed by atoms with Crippen LogP contribution in [0.1, 0.15) is 23.2 Å². The van der Waals surface area contributed by atoms with Crippen LogP contribution in [0.25, 0.3) is 10.8 Å². The molecule has 3 heteroatoms. The van der Waals surface area contributed by atoms with E-state index < -0.39 is 0 Å². The van der Waals surface area contributed by atoms with Crippen molar-refractivity contribution >= 4 is 16.7 Å². The number of nitrogens with zero attached hydrogens (tertiary/aromatic N) is 1. The fourth-order valence-corrected chi connectivity index (χ4v) is 3.76. The van der Waals surface area contributed by atoms with Gasteiger partial charge in [-0.2, -0.15) is 0 Å². The first-order chi connectivity index (χ1) is 10.3. The van der Waals surface area contributed by atoms with Crippen LogP contribution in [0.15, 0.2) is 42.5 Å². The first kappa shape index (κ1) is 12.8. The first-order valence-corrected chi connectivity index (χ1v) is 7.80. The Bertz CT molecular complexity index is 670. The van der Waals surface area contributed by atoms with Gasteiger partial charge >= 0.3 is 0 Å². The molecule has 0 aliphatic carbocycles. The van der Waals surface area contributed by atoms with Gasteiger partial charge in [-0.15, -0.1) is 0 Å². The monoisotopic (exact) mass is 280 g/mol. The van der Waals surface area contributed by atoms with E-state index in [9.17, 15) is 4.79 Å². The largest absolute Gasteiger partial charge is 0.348 e. The summed E-state index contributed by atoms with van der Waals surface area (Å²) >= 11 is 0. The van der Waals surface area contributed by atoms with Crippen LogP contribution in [-0.4, -0.2) is 36.5 Å². The van der Waals surface area contributed by atoms with Crippen molar-refractivity contribution in [3.63, 3.8) is 0 Å². The van der Waals surface area contributed by atoms with Crippen LogP contribution in [0, 0.1) is 5.92 Å². The number of carbonyl (C=O) groups is 1. The Hall–Kier alpha value is -1.87. The summed E-state index contributed by atoms with van der Waals surface area (Å²) in [5.41, 5.74) is 0.765. The molecule has 4 rings (SSSR count). The summed E-state index contributed by atoms with van der Waals surface area (Å²) in [6, 6.07) is 14.4. The van der Waals surface area contributed by atoms with E-state index in [0.717, 1.165) is 29.8 Å². The molecule has 2 aliphatic heterocycles. The Morgan fingerprint density at radius 3 is 2.81 bits per heavy atom. The van der Waals surface area contributed by atoms with E-state index in [4.69, 9.17) is 0 Å². The van der Waals surface area contributed by atoms with E-state index in [-0.39, 0.29) is 5.91 Å². The molecular formula is C18H20N2O. The van der Waals surface area contributed by atoms with E-state index in [1.807, 2.05) is 30.3 Å². The van der Waals surface area contributed by atoms with Crippen molar-refractivity contribution in [2.75, 3.05) is 19.6 Å². The molecule has 3 nitrogen and oxygen atoms in total. The molecule has 2 heterocycles. The maximum absolute atomic E-state index is 12.5. The van der Waals surface area contributed by atoms with E-state index in [2.05, 4.69) is 22.3 Å².